The third kappa shape index (κ3) is 7.28. The summed E-state index contributed by atoms with van der Waals surface area (Å²) in [5, 5.41) is 0. The number of hydrogen-bond acceptors (Lipinski definition) is 3. The van der Waals surface area contributed by atoms with Gasteiger partial charge < -0.3 is 4.74 Å². The van der Waals surface area contributed by atoms with E-state index in [-0.39, 0.29) is 0 Å². The van der Waals surface area contributed by atoms with Gasteiger partial charge in [0.2, 0.25) is 0 Å². The van der Waals surface area contributed by atoms with Crippen LogP contribution in [-0.4, -0.2) is 18.2 Å². The summed E-state index contributed by atoms with van der Waals surface area (Å²) < 4.78 is 5.89. The lowest BCUT2D eigenvalue weighted by Gasteiger charge is -2.22. The fourth-order valence-electron chi connectivity index (χ4n) is 3.00. The van der Waals surface area contributed by atoms with Crippen LogP contribution in [0.1, 0.15) is 84.5 Å². The number of nitrogens with one attached hydrogen (secondary N) is 1. The summed E-state index contributed by atoms with van der Waals surface area (Å²) in [4.78, 5) is 0. The van der Waals surface area contributed by atoms with Crippen molar-refractivity contribution in [2.24, 2.45) is 5.84 Å². The van der Waals surface area contributed by atoms with Crippen LogP contribution in [0.5, 0.6) is 0 Å². The van der Waals surface area contributed by atoms with Crippen molar-refractivity contribution in [3.8, 4) is 0 Å². The Morgan fingerprint density at radius 1 is 1.05 bits per heavy atom. The summed E-state index contributed by atoms with van der Waals surface area (Å²) in [6.07, 6.45) is 15.2. The molecule has 0 saturated carbocycles. The van der Waals surface area contributed by atoms with Gasteiger partial charge in [-0.05, 0) is 26.2 Å². The smallest absolute Gasteiger partial charge is 0.0746 e. The number of nitrogens with two attached hydrogens (primary N) is 1. The van der Waals surface area contributed by atoms with Crippen molar-refractivity contribution < 1.29 is 4.74 Å². The molecule has 0 amide bonds. The van der Waals surface area contributed by atoms with E-state index in [9.17, 15) is 0 Å². The van der Waals surface area contributed by atoms with E-state index in [1.165, 1.54) is 57.8 Å². The molecule has 0 aromatic carbocycles. The monoisotopic (exact) mass is 270 g/mol. The maximum Gasteiger partial charge on any atom is 0.0746 e. The van der Waals surface area contributed by atoms with E-state index in [1.807, 2.05) is 0 Å². The van der Waals surface area contributed by atoms with Gasteiger partial charge in [-0.15, -0.1) is 0 Å². The summed E-state index contributed by atoms with van der Waals surface area (Å²) in [6, 6.07) is 0.352. The van der Waals surface area contributed by atoms with Crippen molar-refractivity contribution in [2.45, 2.75) is 103 Å². The van der Waals surface area contributed by atoms with Crippen molar-refractivity contribution >= 4 is 0 Å². The average molecular weight is 270 g/mol. The molecule has 0 radical (unpaired) electrons. The van der Waals surface area contributed by atoms with Crippen molar-refractivity contribution in [3.05, 3.63) is 0 Å². The van der Waals surface area contributed by atoms with Gasteiger partial charge in [0.15, 0.2) is 0 Å². The fourth-order valence-corrected chi connectivity index (χ4v) is 3.00. The van der Waals surface area contributed by atoms with E-state index < -0.39 is 0 Å². The van der Waals surface area contributed by atoms with Gasteiger partial charge in [0.05, 0.1) is 12.2 Å². The minimum atomic E-state index is 0.338. The van der Waals surface area contributed by atoms with Crippen LogP contribution in [0.25, 0.3) is 0 Å². The Balaban J connectivity index is 1.97. The molecule has 0 bridgehead atoms. The number of unbranched alkanes of at least 4 members (excludes halogenated alkanes) is 7. The molecule has 0 spiro atoms. The topological polar surface area (TPSA) is 47.3 Å². The number of hydrazine groups is 1. The highest BCUT2D eigenvalue weighted by molar-refractivity contribution is 4.81. The summed E-state index contributed by atoms with van der Waals surface area (Å²) >= 11 is 0. The van der Waals surface area contributed by atoms with Crippen LogP contribution in [0.2, 0.25) is 0 Å². The van der Waals surface area contributed by atoms with Gasteiger partial charge in [0.25, 0.3) is 0 Å². The molecular weight excluding hydrogens is 236 g/mol. The molecule has 0 aromatic rings. The molecule has 1 rings (SSSR count). The number of ether oxygens (including phenoxy) is 1. The van der Waals surface area contributed by atoms with Crippen LogP contribution in [0.3, 0.4) is 0 Å². The Bertz CT molecular complexity index is 211. The zero-order valence-electron chi connectivity index (χ0n) is 13.0. The molecule has 3 atom stereocenters. The van der Waals surface area contributed by atoms with Crippen LogP contribution in [0.4, 0.5) is 0 Å². The molecule has 1 heterocycles. The van der Waals surface area contributed by atoms with E-state index in [0.29, 0.717) is 18.2 Å². The second kappa shape index (κ2) is 10.6. The molecule has 0 aliphatic carbocycles. The van der Waals surface area contributed by atoms with Crippen molar-refractivity contribution in [3.63, 3.8) is 0 Å². The molecule has 114 valence electrons. The Morgan fingerprint density at radius 2 is 1.68 bits per heavy atom. The third-order valence-electron chi connectivity index (χ3n) is 4.30. The van der Waals surface area contributed by atoms with Crippen molar-refractivity contribution in [1.29, 1.82) is 0 Å². The zero-order chi connectivity index (χ0) is 13.9. The third-order valence-corrected chi connectivity index (χ3v) is 4.30. The molecule has 0 aromatic heterocycles. The van der Waals surface area contributed by atoms with E-state index >= 15 is 0 Å². The Labute approximate surface area is 119 Å². The summed E-state index contributed by atoms with van der Waals surface area (Å²) in [5.74, 6) is 5.66. The van der Waals surface area contributed by atoms with Gasteiger partial charge in [-0.1, -0.05) is 58.3 Å². The van der Waals surface area contributed by atoms with Crippen LogP contribution in [-0.2, 0) is 4.74 Å². The molecule has 19 heavy (non-hydrogen) atoms. The molecule has 3 heteroatoms. The number of rotatable bonds is 11. The second-order valence-electron chi connectivity index (χ2n) is 6.10. The lowest BCUT2D eigenvalue weighted by Crippen LogP contribution is -2.43. The Morgan fingerprint density at radius 3 is 2.21 bits per heavy atom. The van der Waals surface area contributed by atoms with Crippen molar-refractivity contribution in [2.75, 3.05) is 0 Å². The summed E-state index contributed by atoms with van der Waals surface area (Å²) in [7, 11) is 0. The highest BCUT2D eigenvalue weighted by Gasteiger charge is 2.28. The quantitative estimate of drug-likeness (QED) is 0.340. The van der Waals surface area contributed by atoms with Crippen LogP contribution >= 0.6 is 0 Å². The van der Waals surface area contributed by atoms with Gasteiger partial charge >= 0.3 is 0 Å². The summed E-state index contributed by atoms with van der Waals surface area (Å²) in [5.41, 5.74) is 2.96. The lowest BCUT2D eigenvalue weighted by atomic mass is 10.0. The first-order valence-corrected chi connectivity index (χ1v) is 8.39. The van der Waals surface area contributed by atoms with Crippen LogP contribution in [0, 0.1) is 0 Å². The molecule has 3 N–H and O–H groups in total. The molecular formula is C16H34N2O. The molecule has 1 fully saturated rings. The normalized spacial score (nSPS) is 24.8. The van der Waals surface area contributed by atoms with E-state index in [4.69, 9.17) is 10.6 Å². The predicted octanol–water partition coefficient (Wildman–Crippen LogP) is 3.92. The highest BCUT2D eigenvalue weighted by atomic mass is 16.5. The first-order chi connectivity index (χ1) is 9.27. The van der Waals surface area contributed by atoms with Gasteiger partial charge in [0.1, 0.15) is 0 Å². The number of hydrogen-bond donors (Lipinski definition) is 2. The molecule has 3 nitrogen and oxygen atoms in total. The zero-order valence-corrected chi connectivity index (χ0v) is 13.0. The maximum atomic E-state index is 5.89. The average Bonchev–Trinajstić information content (AvgIpc) is 2.83. The second-order valence-corrected chi connectivity index (χ2v) is 6.10. The summed E-state index contributed by atoms with van der Waals surface area (Å²) in [6.45, 7) is 4.43. The lowest BCUT2D eigenvalue weighted by molar-refractivity contribution is 0.0295. The molecule has 3 unspecified atom stereocenters. The standard InChI is InChI=1S/C16H34N2O/c1-3-4-5-6-7-8-9-10-11-15(18-17)16-13-12-14(2)19-16/h14-16,18H,3-13,17H2,1-2H3. The van der Waals surface area contributed by atoms with E-state index in [1.54, 1.807) is 0 Å². The largest absolute Gasteiger partial charge is 0.374 e. The van der Waals surface area contributed by atoms with Crippen LogP contribution < -0.4 is 11.3 Å². The minimum Gasteiger partial charge on any atom is -0.374 e. The van der Waals surface area contributed by atoms with Gasteiger partial charge in [-0.25, -0.2) is 0 Å². The van der Waals surface area contributed by atoms with Gasteiger partial charge in [-0.3, -0.25) is 11.3 Å². The van der Waals surface area contributed by atoms with Crippen molar-refractivity contribution in [1.82, 2.24) is 5.43 Å². The predicted molar refractivity (Wildman–Crippen MR) is 81.9 cm³/mol. The first-order valence-electron chi connectivity index (χ1n) is 8.39. The Hall–Kier alpha value is -0.120. The van der Waals surface area contributed by atoms with E-state index in [0.717, 1.165) is 12.8 Å². The first kappa shape index (κ1) is 16.9. The Kier molecular flexibility index (Phi) is 9.48. The molecule has 1 aliphatic heterocycles. The van der Waals surface area contributed by atoms with Gasteiger partial charge in [-0.2, -0.15) is 0 Å². The van der Waals surface area contributed by atoms with Crippen LogP contribution in [0.15, 0.2) is 0 Å². The van der Waals surface area contributed by atoms with E-state index in [2.05, 4.69) is 19.3 Å². The highest BCUT2D eigenvalue weighted by Crippen LogP contribution is 2.24. The van der Waals surface area contributed by atoms with Gasteiger partial charge in [0, 0.05) is 6.04 Å². The SMILES string of the molecule is CCCCCCCCCCC(NN)C1CCC(C)O1. The maximum absolute atomic E-state index is 5.89. The molecule has 1 saturated heterocycles. The molecule has 1 aliphatic rings. The minimum absolute atomic E-state index is 0.338. The fraction of sp³-hybridized carbons (Fsp3) is 1.00.